The van der Waals surface area contributed by atoms with Crippen molar-refractivity contribution < 1.29 is 4.57 Å². The van der Waals surface area contributed by atoms with Crippen LogP contribution < -0.4 is 10.6 Å². The summed E-state index contributed by atoms with van der Waals surface area (Å²) >= 11 is 0. The second-order valence-electron chi connectivity index (χ2n) is 10.3. The van der Waals surface area contributed by atoms with Crippen LogP contribution in [0.15, 0.2) is 60.7 Å². The van der Waals surface area contributed by atoms with Gasteiger partial charge in [-0.15, -0.1) is 0 Å². The lowest BCUT2D eigenvalue weighted by Gasteiger charge is -2.20. The zero-order valence-electron chi connectivity index (χ0n) is 21.1. The summed E-state index contributed by atoms with van der Waals surface area (Å²) in [4.78, 5) is 0. The van der Waals surface area contributed by atoms with E-state index in [0.29, 0.717) is 11.6 Å². The molecule has 33 heavy (non-hydrogen) atoms. The van der Waals surface area contributed by atoms with Crippen molar-refractivity contribution >= 4 is 17.8 Å². The Morgan fingerprint density at radius 3 is 1.42 bits per heavy atom. The summed E-state index contributed by atoms with van der Waals surface area (Å²) < 4.78 is 14.3. The minimum atomic E-state index is -2.53. The fourth-order valence-corrected chi connectivity index (χ4v) is 9.02. The van der Waals surface area contributed by atoms with Crippen LogP contribution in [0.2, 0.25) is 0 Å². The van der Waals surface area contributed by atoms with Gasteiger partial charge < -0.3 is 4.57 Å². The summed E-state index contributed by atoms with van der Waals surface area (Å²) in [5, 5.41) is 2.09. The molecule has 0 amide bonds. The Balaban J connectivity index is 1.28. The first-order valence-corrected chi connectivity index (χ1v) is 15.8. The van der Waals surface area contributed by atoms with Crippen molar-refractivity contribution in [1.82, 2.24) is 0 Å². The zero-order valence-corrected chi connectivity index (χ0v) is 22.0. The molecule has 2 heteroatoms. The normalized spacial score (nSPS) is 17.8. The van der Waals surface area contributed by atoms with Gasteiger partial charge in [0.1, 0.15) is 7.14 Å². The third kappa shape index (κ3) is 8.43. The molecule has 1 nitrogen and oxygen atoms in total. The number of unbranched alkanes of at least 4 members (excludes halogenated alkanes) is 13. The predicted molar refractivity (Wildman–Crippen MR) is 147 cm³/mol. The van der Waals surface area contributed by atoms with E-state index in [9.17, 15) is 4.57 Å². The summed E-state index contributed by atoms with van der Waals surface area (Å²) in [7, 11) is -2.53. The van der Waals surface area contributed by atoms with Crippen LogP contribution in [0.3, 0.4) is 0 Å². The van der Waals surface area contributed by atoms with E-state index in [1.165, 1.54) is 96.3 Å². The summed E-state index contributed by atoms with van der Waals surface area (Å²) in [5.74, 6) is 0.647. The van der Waals surface area contributed by atoms with Gasteiger partial charge in [0.2, 0.25) is 0 Å². The Bertz CT molecular complexity index is 757. The first kappa shape index (κ1) is 26.3. The molecule has 0 aromatic heterocycles. The average molecular weight is 467 g/mol. The Hall–Kier alpha value is -1.33. The topological polar surface area (TPSA) is 17.1 Å². The second-order valence-corrected chi connectivity index (χ2v) is 13.3. The molecule has 1 saturated carbocycles. The minimum absolute atomic E-state index is 0.351. The van der Waals surface area contributed by atoms with Gasteiger partial charge in [-0.25, -0.2) is 0 Å². The van der Waals surface area contributed by atoms with Crippen molar-refractivity contribution in [3.8, 4) is 0 Å². The van der Waals surface area contributed by atoms with Gasteiger partial charge in [-0.05, 0) is 18.8 Å². The van der Waals surface area contributed by atoms with Crippen molar-refractivity contribution in [2.75, 3.05) is 0 Å². The van der Waals surface area contributed by atoms with Crippen molar-refractivity contribution in [3.63, 3.8) is 0 Å². The number of hydrogen-bond acceptors (Lipinski definition) is 1. The zero-order chi connectivity index (χ0) is 23.2. The average Bonchev–Trinajstić information content (AvgIpc) is 3.65. The number of benzene rings is 2. The Morgan fingerprint density at radius 2 is 1.00 bits per heavy atom. The predicted octanol–water partition coefficient (Wildman–Crippen LogP) is 9.26. The van der Waals surface area contributed by atoms with Crippen molar-refractivity contribution in [1.29, 1.82) is 0 Å². The van der Waals surface area contributed by atoms with E-state index in [0.717, 1.165) is 17.0 Å². The number of rotatable bonds is 18. The van der Waals surface area contributed by atoms with Crippen molar-refractivity contribution in [3.05, 3.63) is 60.7 Å². The van der Waals surface area contributed by atoms with Crippen molar-refractivity contribution in [2.45, 2.75) is 115 Å². The third-order valence-electron chi connectivity index (χ3n) is 7.56. The van der Waals surface area contributed by atoms with E-state index in [-0.39, 0.29) is 0 Å². The lowest BCUT2D eigenvalue weighted by atomic mass is 10.0. The van der Waals surface area contributed by atoms with E-state index in [2.05, 4.69) is 31.2 Å². The highest BCUT2D eigenvalue weighted by molar-refractivity contribution is 7.79. The maximum absolute atomic E-state index is 14.3. The van der Waals surface area contributed by atoms with Crippen LogP contribution in [-0.4, -0.2) is 5.66 Å². The molecule has 2 aromatic carbocycles. The molecule has 0 saturated heterocycles. The molecule has 182 valence electrons. The Kier molecular flexibility index (Phi) is 11.8. The van der Waals surface area contributed by atoms with Gasteiger partial charge in [-0.1, -0.05) is 157 Å². The van der Waals surface area contributed by atoms with Gasteiger partial charge in [-0.3, -0.25) is 0 Å². The SMILES string of the molecule is CCCCCCCCCCCCCCCC[C@@H]1C[C@H]1P(=O)(c1ccccc1)c1ccccc1. The van der Waals surface area contributed by atoms with Crippen LogP contribution in [-0.2, 0) is 4.57 Å². The molecule has 0 aliphatic heterocycles. The Morgan fingerprint density at radius 1 is 0.606 bits per heavy atom. The minimum Gasteiger partial charge on any atom is -0.313 e. The molecule has 0 spiro atoms. The van der Waals surface area contributed by atoms with Gasteiger partial charge in [-0.2, -0.15) is 0 Å². The molecule has 1 aliphatic rings. The van der Waals surface area contributed by atoms with Crippen LogP contribution in [0.4, 0.5) is 0 Å². The van der Waals surface area contributed by atoms with Crippen LogP contribution in [0.5, 0.6) is 0 Å². The van der Waals surface area contributed by atoms with Crippen LogP contribution in [0, 0.1) is 5.92 Å². The highest BCUT2D eigenvalue weighted by Gasteiger charge is 2.51. The molecule has 1 aliphatic carbocycles. The molecule has 1 fully saturated rings. The fourth-order valence-electron chi connectivity index (χ4n) is 5.42. The summed E-state index contributed by atoms with van der Waals surface area (Å²) in [6.45, 7) is 2.29. The second kappa shape index (κ2) is 14.8. The van der Waals surface area contributed by atoms with E-state index in [1.807, 2.05) is 36.4 Å². The lowest BCUT2D eigenvalue weighted by Crippen LogP contribution is -2.19. The molecule has 2 aromatic rings. The first-order chi connectivity index (χ1) is 16.3. The Labute approximate surface area is 204 Å². The molecule has 0 radical (unpaired) electrons. The molecular weight excluding hydrogens is 419 g/mol. The molecule has 2 atom stereocenters. The van der Waals surface area contributed by atoms with Crippen molar-refractivity contribution in [2.24, 2.45) is 5.92 Å². The number of hydrogen-bond donors (Lipinski definition) is 0. The molecule has 0 bridgehead atoms. The van der Waals surface area contributed by atoms with Gasteiger partial charge in [0, 0.05) is 16.3 Å². The quantitative estimate of drug-likeness (QED) is 0.158. The standard InChI is InChI=1S/C31H47OP/c1-2-3-4-5-6-7-8-9-10-11-12-13-14-17-22-28-27-31(28)33(32,29-23-18-15-19-24-29)30-25-20-16-21-26-30/h15-16,18-21,23-26,28,31H,2-14,17,22,27H2,1H3/t28-,31-/m1/s1. The van der Waals surface area contributed by atoms with E-state index >= 15 is 0 Å². The van der Waals surface area contributed by atoms with E-state index in [1.54, 1.807) is 0 Å². The highest BCUT2D eigenvalue weighted by Crippen LogP contribution is 2.63. The molecule has 0 unspecified atom stereocenters. The van der Waals surface area contributed by atoms with Crippen LogP contribution in [0.25, 0.3) is 0 Å². The maximum Gasteiger partial charge on any atom is 0.146 e. The lowest BCUT2D eigenvalue weighted by molar-refractivity contribution is 0.527. The maximum atomic E-state index is 14.3. The van der Waals surface area contributed by atoms with Crippen LogP contribution >= 0.6 is 7.14 Å². The fraction of sp³-hybridized carbons (Fsp3) is 0.613. The van der Waals surface area contributed by atoms with E-state index in [4.69, 9.17) is 0 Å². The summed E-state index contributed by atoms with van der Waals surface area (Å²) in [5.41, 5.74) is 0.351. The first-order valence-electron chi connectivity index (χ1n) is 14.0. The molecule has 3 rings (SSSR count). The van der Waals surface area contributed by atoms with Gasteiger partial charge in [0.15, 0.2) is 0 Å². The largest absolute Gasteiger partial charge is 0.313 e. The molecule has 0 N–H and O–H groups in total. The third-order valence-corrected chi connectivity index (χ3v) is 11.3. The highest BCUT2D eigenvalue weighted by atomic mass is 31.2. The molecular formula is C31H47OP. The summed E-state index contributed by atoms with van der Waals surface area (Å²) in [6.07, 6.45) is 22.1. The smallest absolute Gasteiger partial charge is 0.146 e. The van der Waals surface area contributed by atoms with Crippen LogP contribution in [0.1, 0.15) is 110 Å². The van der Waals surface area contributed by atoms with E-state index < -0.39 is 7.14 Å². The summed E-state index contributed by atoms with van der Waals surface area (Å²) in [6, 6.07) is 20.5. The monoisotopic (exact) mass is 466 g/mol. The van der Waals surface area contributed by atoms with Gasteiger partial charge in [0.05, 0.1) is 0 Å². The van der Waals surface area contributed by atoms with Gasteiger partial charge in [0.25, 0.3) is 0 Å². The molecule has 0 heterocycles. The van der Waals surface area contributed by atoms with Gasteiger partial charge >= 0.3 is 0 Å².